The van der Waals surface area contributed by atoms with Gasteiger partial charge >= 0.3 is 0 Å². The third-order valence-electron chi connectivity index (χ3n) is 9.43. The molecule has 0 atom stereocenters. The van der Waals surface area contributed by atoms with E-state index < -0.39 is 24.2 Å². The minimum Gasteiger partial charge on any atom is -0.235 e. The van der Waals surface area contributed by atoms with E-state index in [1.54, 1.807) is 0 Å². The van der Waals surface area contributed by atoms with Crippen LogP contribution in [0.3, 0.4) is 0 Å². The zero-order valence-electron chi connectivity index (χ0n) is 35.9. The molecule has 2 nitrogen and oxygen atoms in total. The lowest BCUT2D eigenvalue weighted by Crippen LogP contribution is -1.87. The van der Waals surface area contributed by atoms with Gasteiger partial charge in [-0.25, -0.2) is 9.97 Å². The molecule has 11 rings (SSSR count). The summed E-state index contributed by atoms with van der Waals surface area (Å²) in [6.45, 7) is 0. The molecule has 0 aliphatic carbocycles. The maximum Gasteiger partial charge on any atom is 0.116 e. The Morgan fingerprint density at radius 2 is 1.10 bits per heavy atom. The molecule has 0 N–H and O–H groups in total. The molecule has 0 spiro atoms. The monoisotopic (exact) mass is 680 g/mol. The van der Waals surface area contributed by atoms with E-state index in [-0.39, 0.29) is 73.1 Å². The predicted molar refractivity (Wildman–Crippen MR) is 217 cm³/mol. The maximum absolute atomic E-state index is 9.60. The highest BCUT2D eigenvalue weighted by Crippen LogP contribution is 2.43. The maximum atomic E-state index is 9.60. The second-order valence-electron chi connectivity index (χ2n) is 12.1. The third kappa shape index (κ3) is 4.13. The molecule has 0 fully saturated rings. The topological polar surface area (TPSA) is 25.8 Å². The van der Waals surface area contributed by atoms with E-state index in [9.17, 15) is 1.37 Å². The molecular formula is C46H26N2S2. The van der Waals surface area contributed by atoms with Crippen LogP contribution in [0.4, 0.5) is 0 Å². The molecule has 232 valence electrons. The molecule has 0 aliphatic heterocycles. The first-order valence-electron chi connectivity index (χ1n) is 21.0. The van der Waals surface area contributed by atoms with Gasteiger partial charge in [-0.15, -0.1) is 22.7 Å². The van der Waals surface area contributed by atoms with Crippen LogP contribution in [0.25, 0.3) is 106 Å². The molecule has 8 aromatic carbocycles. The van der Waals surface area contributed by atoms with Crippen LogP contribution in [-0.4, -0.2) is 9.97 Å². The van der Waals surface area contributed by atoms with Gasteiger partial charge < -0.3 is 0 Å². The zero-order valence-corrected chi connectivity index (χ0v) is 27.6. The normalized spacial score (nSPS) is 14.8. The first-order valence-corrected chi connectivity index (χ1v) is 17.6. The fourth-order valence-electron chi connectivity index (χ4n) is 7.17. The first-order chi connectivity index (χ1) is 28.9. The Hall–Kier alpha value is -5.94. The van der Waals surface area contributed by atoms with Gasteiger partial charge in [0.15, 0.2) is 0 Å². The lowest BCUT2D eigenvalue weighted by Gasteiger charge is -2.12. The summed E-state index contributed by atoms with van der Waals surface area (Å²) in [5.74, 6) is 0. The third-order valence-corrected chi connectivity index (χ3v) is 11.7. The van der Waals surface area contributed by atoms with E-state index in [1.807, 2.05) is 6.07 Å². The Morgan fingerprint density at radius 3 is 1.92 bits per heavy atom. The molecule has 4 heteroatoms. The number of rotatable bonds is 3. The van der Waals surface area contributed by atoms with Gasteiger partial charge in [0.05, 0.1) is 29.6 Å². The zero-order chi connectivity index (χ0) is 41.5. The number of fused-ring (bicyclic) bond motifs is 12. The van der Waals surface area contributed by atoms with Crippen molar-refractivity contribution in [1.82, 2.24) is 9.97 Å². The minimum absolute atomic E-state index is 0.0113. The molecular weight excluding hydrogens is 645 g/mol. The molecule has 0 unspecified atom stereocenters. The summed E-state index contributed by atoms with van der Waals surface area (Å²) < 4.78 is 90.0. The average molecular weight is 681 g/mol. The fraction of sp³-hybridized carbons (Fsp3) is 0. The van der Waals surface area contributed by atoms with E-state index in [2.05, 4.69) is 83.8 Å². The highest BCUT2D eigenvalue weighted by atomic mass is 32.1. The quantitative estimate of drug-likeness (QED) is 0.174. The highest BCUT2D eigenvalue weighted by molar-refractivity contribution is 7.26. The molecule has 0 aliphatic rings. The van der Waals surface area contributed by atoms with Crippen LogP contribution >= 0.6 is 22.7 Å². The highest BCUT2D eigenvalue weighted by Gasteiger charge is 2.17. The van der Waals surface area contributed by atoms with Crippen molar-refractivity contribution in [3.63, 3.8) is 0 Å². The number of nitrogens with zero attached hydrogens (tertiary/aromatic N) is 2. The summed E-state index contributed by atoms with van der Waals surface area (Å²) in [5.41, 5.74) is 3.01. The van der Waals surface area contributed by atoms with Crippen LogP contribution in [-0.2, 0) is 0 Å². The number of benzene rings is 8. The summed E-state index contributed by atoms with van der Waals surface area (Å²) in [7, 11) is 0. The SMILES string of the molecule is [2H]c1cc([2H])c(-c2c([2H])c([2H])c([2H])c3c2sc2c([2H])c([2H])c([2H])c([2H])c23)c([2H])c1-c1ncnc2c1sc1ccc(-c3ccc4c5ccccc5c5ccccc5c4c3)cc12. The molecule has 0 saturated carbocycles. The van der Waals surface area contributed by atoms with Gasteiger partial charge in [-0.2, -0.15) is 0 Å². The molecule has 0 amide bonds. The molecule has 0 bridgehead atoms. The molecule has 11 aromatic rings. The number of aromatic nitrogens is 2. The molecule has 50 heavy (non-hydrogen) atoms. The second-order valence-corrected chi connectivity index (χ2v) is 14.2. The van der Waals surface area contributed by atoms with Gasteiger partial charge in [-0.3, -0.25) is 0 Å². The smallest absolute Gasteiger partial charge is 0.116 e. The van der Waals surface area contributed by atoms with E-state index in [4.69, 9.17) is 17.3 Å². The predicted octanol–water partition coefficient (Wildman–Crippen LogP) is 13.7. The van der Waals surface area contributed by atoms with E-state index in [1.165, 1.54) is 50.7 Å². The van der Waals surface area contributed by atoms with Gasteiger partial charge in [0.1, 0.15) is 6.33 Å². The van der Waals surface area contributed by atoms with E-state index in [0.29, 0.717) is 15.9 Å². The average Bonchev–Trinajstić information content (AvgIpc) is 3.85. The standard InChI is InChI=1S/C46H26N2S2/c1-2-13-34-32(11-1)33-12-3-4-14-35(33)39-24-27(19-21-36(34)39)28-20-22-42-40(25-28)44-46(50-42)43(47-26-48-44)30-10-7-9-29(23-30)31-16-8-17-38-37-15-5-6-18-41(37)49-45(31)38/h1-26H/i5D,6D,8D,9D,10D,15D,16D,17D,18D,23D. The first kappa shape index (κ1) is 19.9. The second kappa shape index (κ2) is 10.8. The van der Waals surface area contributed by atoms with Crippen molar-refractivity contribution in [2.75, 3.05) is 0 Å². The van der Waals surface area contributed by atoms with E-state index >= 15 is 0 Å². The van der Waals surface area contributed by atoms with Crippen molar-refractivity contribution in [2.45, 2.75) is 0 Å². The van der Waals surface area contributed by atoms with Crippen LogP contribution in [0.5, 0.6) is 0 Å². The van der Waals surface area contributed by atoms with Gasteiger partial charge in [0.2, 0.25) is 0 Å². The summed E-state index contributed by atoms with van der Waals surface area (Å²) in [6.07, 6.45) is 1.40. The lowest BCUT2D eigenvalue weighted by molar-refractivity contribution is 1.24. The Labute approximate surface area is 309 Å². The summed E-state index contributed by atoms with van der Waals surface area (Å²) >= 11 is 2.37. The van der Waals surface area contributed by atoms with Crippen LogP contribution in [0.15, 0.2) is 158 Å². The Balaban J connectivity index is 1.11. The number of hydrogen-bond donors (Lipinski definition) is 0. The molecule has 3 heterocycles. The van der Waals surface area contributed by atoms with Gasteiger partial charge in [0, 0.05) is 35.8 Å². The molecule has 3 aromatic heterocycles. The Kier molecular flexibility index (Phi) is 4.29. The van der Waals surface area contributed by atoms with Crippen molar-refractivity contribution in [1.29, 1.82) is 0 Å². The van der Waals surface area contributed by atoms with Crippen molar-refractivity contribution < 1.29 is 13.7 Å². The van der Waals surface area contributed by atoms with Crippen LogP contribution in [0, 0.1) is 0 Å². The van der Waals surface area contributed by atoms with Crippen molar-refractivity contribution in [3.05, 3.63) is 158 Å². The molecule has 0 radical (unpaired) electrons. The van der Waals surface area contributed by atoms with Crippen molar-refractivity contribution >= 4 is 95.5 Å². The van der Waals surface area contributed by atoms with Gasteiger partial charge in [-0.1, -0.05) is 121 Å². The van der Waals surface area contributed by atoms with Crippen molar-refractivity contribution in [3.8, 4) is 33.5 Å². The lowest BCUT2D eigenvalue weighted by atomic mass is 9.92. The Bertz CT molecular complexity index is 3710. The minimum atomic E-state index is -0.502. The summed E-state index contributed by atoms with van der Waals surface area (Å²) in [6, 6.07) is 27.4. The van der Waals surface area contributed by atoms with Gasteiger partial charge in [-0.05, 0) is 84.9 Å². The van der Waals surface area contributed by atoms with Crippen LogP contribution in [0.2, 0.25) is 0 Å². The number of thiophene rings is 2. The largest absolute Gasteiger partial charge is 0.235 e. The summed E-state index contributed by atoms with van der Waals surface area (Å²) in [4.78, 5) is 9.32. The van der Waals surface area contributed by atoms with Crippen LogP contribution < -0.4 is 0 Å². The fourth-order valence-corrected chi connectivity index (χ4v) is 9.37. The van der Waals surface area contributed by atoms with Crippen molar-refractivity contribution in [2.24, 2.45) is 0 Å². The van der Waals surface area contributed by atoms with E-state index in [0.717, 1.165) is 37.9 Å². The molecule has 0 saturated heterocycles. The Morgan fingerprint density at radius 1 is 0.440 bits per heavy atom. The van der Waals surface area contributed by atoms with Crippen LogP contribution in [0.1, 0.15) is 13.7 Å². The summed E-state index contributed by atoms with van der Waals surface area (Å²) in [5, 5.41) is 8.10. The van der Waals surface area contributed by atoms with Gasteiger partial charge in [0.25, 0.3) is 0 Å². The number of hydrogen-bond acceptors (Lipinski definition) is 4.